The van der Waals surface area contributed by atoms with Gasteiger partial charge in [0.05, 0.1) is 6.54 Å². The van der Waals surface area contributed by atoms with E-state index >= 15 is 0 Å². The van der Waals surface area contributed by atoms with Crippen LogP contribution in [0.1, 0.15) is 48.9 Å². The fourth-order valence-corrected chi connectivity index (χ4v) is 5.04. The molecule has 2 aliphatic heterocycles. The second-order valence-electron chi connectivity index (χ2n) is 8.94. The molecule has 156 valence electrons. The van der Waals surface area contributed by atoms with E-state index in [2.05, 4.69) is 51.7 Å². The van der Waals surface area contributed by atoms with Crippen molar-refractivity contribution in [2.24, 2.45) is 5.92 Å². The van der Waals surface area contributed by atoms with Crippen LogP contribution >= 0.6 is 0 Å². The van der Waals surface area contributed by atoms with Crippen LogP contribution in [0.2, 0.25) is 0 Å². The minimum absolute atomic E-state index is 0.0134. The van der Waals surface area contributed by atoms with Crippen LogP contribution in [0.3, 0.4) is 0 Å². The number of rotatable bonds is 5. The summed E-state index contributed by atoms with van der Waals surface area (Å²) in [6.45, 7) is 4.08. The van der Waals surface area contributed by atoms with Crippen molar-refractivity contribution in [1.29, 1.82) is 0 Å². The number of allylic oxidation sites excluding steroid dienone is 2. The zero-order valence-electron chi connectivity index (χ0n) is 17.6. The predicted molar refractivity (Wildman–Crippen MR) is 124 cm³/mol. The van der Waals surface area contributed by atoms with E-state index < -0.39 is 0 Å². The first-order chi connectivity index (χ1) is 14.8. The zero-order valence-corrected chi connectivity index (χ0v) is 17.6. The molecule has 0 spiro atoms. The number of nitrogens with one attached hydrogen (secondary N) is 1. The van der Waals surface area contributed by atoms with Crippen LogP contribution < -0.4 is 10.2 Å². The van der Waals surface area contributed by atoms with E-state index in [0.29, 0.717) is 0 Å². The fraction of sp³-hybridized carbons (Fsp3) is 0.423. The summed E-state index contributed by atoms with van der Waals surface area (Å²) in [6.07, 6.45) is 14.3. The van der Waals surface area contributed by atoms with E-state index in [1.165, 1.54) is 49.6 Å². The van der Waals surface area contributed by atoms with Crippen molar-refractivity contribution in [3.8, 4) is 0 Å². The summed E-state index contributed by atoms with van der Waals surface area (Å²) in [4.78, 5) is 17.9. The minimum atomic E-state index is -0.0134. The molecule has 2 fully saturated rings. The second-order valence-corrected chi connectivity index (χ2v) is 8.94. The van der Waals surface area contributed by atoms with Crippen molar-refractivity contribution in [2.75, 3.05) is 31.1 Å². The molecule has 4 nitrogen and oxygen atoms in total. The van der Waals surface area contributed by atoms with Crippen LogP contribution in [0.4, 0.5) is 5.69 Å². The first-order valence-electron chi connectivity index (χ1n) is 11.5. The molecule has 0 atom stereocenters. The van der Waals surface area contributed by atoms with Gasteiger partial charge in [-0.25, -0.2) is 0 Å². The molecule has 1 saturated carbocycles. The number of carbonyl (C=O) groups excluding carboxylic acids is 1. The Hall–Kier alpha value is -2.75. The number of fused-ring (bicyclic) bond motifs is 1. The molecule has 2 aromatic carbocycles. The average molecular weight is 402 g/mol. The molecule has 4 heteroatoms. The molecule has 5 rings (SSSR count). The molecule has 0 radical (unpaired) electrons. The highest BCUT2D eigenvalue weighted by Gasteiger charge is 2.21. The number of carbonyl (C=O) groups is 1. The van der Waals surface area contributed by atoms with Crippen LogP contribution in [0.15, 0.2) is 60.4 Å². The summed E-state index contributed by atoms with van der Waals surface area (Å²) in [6, 6.07) is 12.4. The van der Waals surface area contributed by atoms with Gasteiger partial charge in [0.15, 0.2) is 0 Å². The Balaban J connectivity index is 1.30. The van der Waals surface area contributed by atoms with Crippen LogP contribution in [-0.2, 0) is 0 Å². The monoisotopic (exact) mass is 401 g/mol. The van der Waals surface area contributed by atoms with Gasteiger partial charge in [0.2, 0.25) is 0 Å². The lowest BCUT2D eigenvalue weighted by Crippen LogP contribution is -2.37. The number of hydrogen-bond donors (Lipinski definition) is 1. The van der Waals surface area contributed by atoms with Crippen molar-refractivity contribution >= 4 is 22.4 Å². The molecule has 0 bridgehead atoms. The van der Waals surface area contributed by atoms with Gasteiger partial charge >= 0.3 is 0 Å². The van der Waals surface area contributed by atoms with Crippen molar-refractivity contribution < 1.29 is 4.79 Å². The second kappa shape index (κ2) is 8.55. The molecule has 1 amide bonds. The van der Waals surface area contributed by atoms with Gasteiger partial charge in [-0.05, 0) is 61.1 Å². The maximum atomic E-state index is 13.2. The molecule has 1 N–H and O–H groups in total. The molecule has 2 aromatic rings. The van der Waals surface area contributed by atoms with Gasteiger partial charge < -0.3 is 15.1 Å². The summed E-state index contributed by atoms with van der Waals surface area (Å²) < 4.78 is 0. The maximum absolute atomic E-state index is 13.2. The summed E-state index contributed by atoms with van der Waals surface area (Å²) in [5.41, 5.74) is 2.98. The molecule has 0 unspecified atom stereocenters. The lowest BCUT2D eigenvalue weighted by molar-refractivity contribution is 0.0964. The van der Waals surface area contributed by atoms with Crippen molar-refractivity contribution in [3.05, 3.63) is 66.0 Å². The average Bonchev–Trinajstić information content (AvgIpc) is 2.74. The van der Waals surface area contributed by atoms with E-state index in [-0.39, 0.29) is 5.91 Å². The number of nitrogens with zero attached hydrogens (tertiary/aromatic N) is 2. The van der Waals surface area contributed by atoms with E-state index in [1.807, 2.05) is 18.2 Å². The van der Waals surface area contributed by atoms with E-state index in [9.17, 15) is 4.79 Å². The van der Waals surface area contributed by atoms with Crippen molar-refractivity contribution in [1.82, 2.24) is 10.2 Å². The molecule has 2 heterocycles. The SMILES string of the molecule is O=C(NC1=CC=CN(CC2CCCCC2)C1)c1ccc(N2CCC2)c2ccccc12. The summed E-state index contributed by atoms with van der Waals surface area (Å²) in [7, 11) is 0. The topological polar surface area (TPSA) is 35.6 Å². The third-order valence-electron chi connectivity index (χ3n) is 6.80. The van der Waals surface area contributed by atoms with Crippen molar-refractivity contribution in [2.45, 2.75) is 38.5 Å². The quantitative estimate of drug-likeness (QED) is 0.759. The Morgan fingerprint density at radius 3 is 2.53 bits per heavy atom. The third kappa shape index (κ3) is 3.96. The van der Waals surface area contributed by atoms with Crippen molar-refractivity contribution in [3.63, 3.8) is 0 Å². The smallest absolute Gasteiger partial charge is 0.256 e. The van der Waals surface area contributed by atoms with Gasteiger partial charge in [-0.1, -0.05) is 43.5 Å². The van der Waals surface area contributed by atoms with Gasteiger partial charge in [-0.3, -0.25) is 4.79 Å². The number of anilines is 1. The van der Waals surface area contributed by atoms with Gasteiger partial charge in [0, 0.05) is 42.0 Å². The Bertz CT molecular complexity index is 983. The van der Waals surface area contributed by atoms with E-state index in [4.69, 9.17) is 0 Å². The molecule has 1 saturated heterocycles. The number of benzene rings is 2. The Labute approximate surface area is 179 Å². The largest absolute Gasteiger partial charge is 0.371 e. The highest BCUT2D eigenvalue weighted by Crippen LogP contribution is 2.32. The minimum Gasteiger partial charge on any atom is -0.371 e. The molecule has 3 aliphatic rings. The van der Waals surface area contributed by atoms with Gasteiger partial charge in [-0.2, -0.15) is 0 Å². The zero-order chi connectivity index (χ0) is 20.3. The number of amides is 1. The predicted octanol–water partition coefficient (Wildman–Crippen LogP) is 5.07. The highest BCUT2D eigenvalue weighted by atomic mass is 16.1. The van der Waals surface area contributed by atoms with Crippen LogP contribution in [0.5, 0.6) is 0 Å². The lowest BCUT2D eigenvalue weighted by atomic mass is 9.89. The first-order valence-corrected chi connectivity index (χ1v) is 11.5. The summed E-state index contributed by atoms with van der Waals surface area (Å²) in [5, 5.41) is 5.39. The summed E-state index contributed by atoms with van der Waals surface area (Å²) >= 11 is 0. The Morgan fingerprint density at radius 1 is 0.967 bits per heavy atom. The fourth-order valence-electron chi connectivity index (χ4n) is 5.04. The van der Waals surface area contributed by atoms with Gasteiger partial charge in [0.1, 0.15) is 0 Å². The third-order valence-corrected chi connectivity index (χ3v) is 6.80. The summed E-state index contributed by atoms with van der Waals surface area (Å²) in [5.74, 6) is 0.775. The van der Waals surface area contributed by atoms with Crippen LogP contribution in [-0.4, -0.2) is 37.0 Å². The van der Waals surface area contributed by atoms with E-state index in [0.717, 1.165) is 48.7 Å². The van der Waals surface area contributed by atoms with Crippen LogP contribution in [0, 0.1) is 5.92 Å². The van der Waals surface area contributed by atoms with Gasteiger partial charge in [-0.15, -0.1) is 0 Å². The maximum Gasteiger partial charge on any atom is 0.256 e. The molecule has 0 aromatic heterocycles. The van der Waals surface area contributed by atoms with Gasteiger partial charge in [0.25, 0.3) is 5.91 Å². The lowest BCUT2D eigenvalue weighted by Gasteiger charge is -2.34. The van der Waals surface area contributed by atoms with Crippen LogP contribution in [0.25, 0.3) is 10.8 Å². The first kappa shape index (κ1) is 19.2. The Kier molecular flexibility index (Phi) is 5.48. The number of hydrogen-bond acceptors (Lipinski definition) is 3. The van der Waals surface area contributed by atoms with E-state index in [1.54, 1.807) is 0 Å². The molecular formula is C26H31N3O. The highest BCUT2D eigenvalue weighted by molar-refractivity contribution is 6.11. The molecule has 30 heavy (non-hydrogen) atoms. The molecule has 1 aliphatic carbocycles. The standard InChI is InChI=1S/C26H31N3O/c30-26(27-21-10-6-15-28(19-21)18-20-8-2-1-3-9-20)24-13-14-25(29-16-7-17-29)23-12-5-4-11-22(23)24/h4-6,10-15,20H,1-3,7-9,16-19H2,(H,27,30). The normalized spacial score (nSPS) is 19.5. The Morgan fingerprint density at radius 2 is 1.77 bits per heavy atom. The molecular weight excluding hydrogens is 370 g/mol.